The highest BCUT2D eigenvalue weighted by Gasteiger charge is 2.41. The number of anilines is 1. The van der Waals surface area contributed by atoms with E-state index >= 15 is 0 Å². The maximum atomic E-state index is 5.90. The summed E-state index contributed by atoms with van der Waals surface area (Å²) in [7, 11) is 1.67. The summed E-state index contributed by atoms with van der Waals surface area (Å²) in [6.07, 6.45) is 11.5. The van der Waals surface area contributed by atoms with Gasteiger partial charge in [0, 0.05) is 54.2 Å². The number of methoxy groups -OCH3 is 1. The first-order valence-electron chi connectivity index (χ1n) is 11.4. The van der Waals surface area contributed by atoms with Crippen LogP contribution in [0.4, 0.5) is 5.95 Å². The van der Waals surface area contributed by atoms with Crippen molar-refractivity contribution in [3.05, 3.63) is 49.1 Å². The second-order valence-electron chi connectivity index (χ2n) is 9.15. The molecule has 8 heteroatoms. The summed E-state index contributed by atoms with van der Waals surface area (Å²) in [6.45, 7) is 5.09. The molecule has 5 heterocycles. The quantitative estimate of drug-likeness (QED) is 0.431. The van der Waals surface area contributed by atoms with Crippen LogP contribution in [0.25, 0.3) is 16.6 Å². The SMILES string of the molecule is COc1ccc2c(Sc3cnc(N4CCC5(CC4)CO[C@@H](C)C5)n4ccnc34)ccnc2c1. The minimum Gasteiger partial charge on any atom is -0.497 e. The summed E-state index contributed by atoms with van der Waals surface area (Å²) in [6, 6.07) is 8.04. The van der Waals surface area contributed by atoms with E-state index in [0.29, 0.717) is 11.5 Å². The van der Waals surface area contributed by atoms with Crippen molar-refractivity contribution in [2.24, 2.45) is 5.41 Å². The van der Waals surface area contributed by atoms with Gasteiger partial charge in [-0.25, -0.2) is 9.97 Å². The molecular formula is C25H27N5O2S. The van der Waals surface area contributed by atoms with Crippen LogP contribution in [0.2, 0.25) is 0 Å². The number of piperidine rings is 1. The minimum absolute atomic E-state index is 0.352. The third kappa shape index (κ3) is 3.71. The summed E-state index contributed by atoms with van der Waals surface area (Å²) < 4.78 is 13.4. The smallest absolute Gasteiger partial charge is 0.211 e. The van der Waals surface area contributed by atoms with E-state index in [4.69, 9.17) is 14.5 Å². The van der Waals surface area contributed by atoms with E-state index in [0.717, 1.165) is 70.6 Å². The van der Waals surface area contributed by atoms with Crippen molar-refractivity contribution in [2.75, 3.05) is 31.7 Å². The zero-order valence-electron chi connectivity index (χ0n) is 18.9. The van der Waals surface area contributed by atoms with Crippen LogP contribution in [0, 0.1) is 5.41 Å². The zero-order valence-corrected chi connectivity index (χ0v) is 19.7. The molecule has 170 valence electrons. The topological polar surface area (TPSA) is 64.8 Å². The Bertz CT molecular complexity index is 1310. The summed E-state index contributed by atoms with van der Waals surface area (Å²) in [5, 5.41) is 1.09. The van der Waals surface area contributed by atoms with Crippen molar-refractivity contribution in [1.29, 1.82) is 0 Å². The molecule has 1 aromatic carbocycles. The van der Waals surface area contributed by atoms with Gasteiger partial charge in [-0.2, -0.15) is 0 Å². The number of hydrogen-bond donors (Lipinski definition) is 0. The first-order chi connectivity index (χ1) is 16.1. The van der Waals surface area contributed by atoms with Gasteiger partial charge in [-0.15, -0.1) is 0 Å². The summed E-state index contributed by atoms with van der Waals surface area (Å²) in [5.74, 6) is 1.78. The van der Waals surface area contributed by atoms with Gasteiger partial charge in [0.25, 0.3) is 0 Å². The third-order valence-corrected chi connectivity index (χ3v) is 8.09. The van der Waals surface area contributed by atoms with Gasteiger partial charge in [0.05, 0.1) is 30.2 Å². The highest BCUT2D eigenvalue weighted by molar-refractivity contribution is 7.99. The fourth-order valence-corrected chi connectivity index (χ4v) is 6.20. The Hall–Kier alpha value is -2.84. The number of fused-ring (bicyclic) bond motifs is 2. The van der Waals surface area contributed by atoms with Crippen LogP contribution in [-0.4, -0.2) is 52.3 Å². The van der Waals surface area contributed by atoms with Crippen LogP contribution in [-0.2, 0) is 4.74 Å². The fourth-order valence-electron chi connectivity index (χ4n) is 5.20. The van der Waals surface area contributed by atoms with Crippen LogP contribution in [0.1, 0.15) is 26.2 Å². The number of imidazole rings is 1. The first kappa shape index (κ1) is 20.7. The standard InChI is InChI=1S/C25H27N5O2S/c1-17-14-25(16-32-17)6-10-29(11-7-25)24-28-15-22(23-27-9-12-30(23)24)33-21-5-8-26-20-13-18(31-2)3-4-19(20)21/h3-5,8-9,12-13,15,17H,6-7,10-11,14,16H2,1-2H3/t17-/m0/s1. The largest absolute Gasteiger partial charge is 0.497 e. The van der Waals surface area contributed by atoms with Crippen LogP contribution in [0.15, 0.2) is 58.8 Å². The van der Waals surface area contributed by atoms with Crippen molar-refractivity contribution in [3.8, 4) is 5.75 Å². The molecule has 0 aliphatic carbocycles. The van der Waals surface area contributed by atoms with Crippen LogP contribution < -0.4 is 9.64 Å². The molecule has 0 radical (unpaired) electrons. The van der Waals surface area contributed by atoms with E-state index in [1.54, 1.807) is 18.9 Å². The Kier molecular flexibility index (Phi) is 5.14. The number of benzene rings is 1. The minimum atomic E-state index is 0.352. The second-order valence-corrected chi connectivity index (χ2v) is 10.2. The highest BCUT2D eigenvalue weighted by atomic mass is 32.2. The van der Waals surface area contributed by atoms with Crippen molar-refractivity contribution < 1.29 is 9.47 Å². The number of aromatic nitrogens is 4. The Balaban J connectivity index is 1.29. The lowest BCUT2D eigenvalue weighted by Gasteiger charge is -2.39. The van der Waals surface area contributed by atoms with E-state index in [1.807, 2.05) is 43.0 Å². The predicted molar refractivity (Wildman–Crippen MR) is 129 cm³/mol. The lowest BCUT2D eigenvalue weighted by atomic mass is 9.77. The lowest BCUT2D eigenvalue weighted by Crippen LogP contribution is -2.41. The number of pyridine rings is 1. The molecule has 3 aromatic heterocycles. The predicted octanol–water partition coefficient (Wildman–Crippen LogP) is 4.83. The molecule has 0 N–H and O–H groups in total. The molecule has 0 bridgehead atoms. The monoisotopic (exact) mass is 461 g/mol. The molecular weight excluding hydrogens is 434 g/mol. The van der Waals surface area contributed by atoms with E-state index in [9.17, 15) is 0 Å². The summed E-state index contributed by atoms with van der Waals surface area (Å²) >= 11 is 1.67. The maximum Gasteiger partial charge on any atom is 0.211 e. The molecule has 2 fully saturated rings. The average Bonchev–Trinajstić information content (AvgIpc) is 3.47. The van der Waals surface area contributed by atoms with Crippen molar-refractivity contribution >= 4 is 34.3 Å². The molecule has 2 saturated heterocycles. The summed E-state index contributed by atoms with van der Waals surface area (Å²) in [4.78, 5) is 18.6. The fraction of sp³-hybridized carbons (Fsp3) is 0.400. The molecule has 2 aliphatic rings. The summed E-state index contributed by atoms with van der Waals surface area (Å²) in [5.41, 5.74) is 2.20. The lowest BCUT2D eigenvalue weighted by molar-refractivity contribution is 0.0975. The first-order valence-corrected chi connectivity index (χ1v) is 12.3. The Labute approximate surface area is 197 Å². The Morgan fingerprint density at radius 3 is 2.76 bits per heavy atom. The molecule has 2 aliphatic heterocycles. The van der Waals surface area contributed by atoms with Crippen molar-refractivity contribution in [1.82, 2.24) is 19.4 Å². The Morgan fingerprint density at radius 2 is 1.97 bits per heavy atom. The van der Waals surface area contributed by atoms with Crippen LogP contribution >= 0.6 is 11.8 Å². The molecule has 0 unspecified atom stereocenters. The second kappa shape index (κ2) is 8.18. The maximum absolute atomic E-state index is 5.90. The number of ether oxygens (including phenoxy) is 2. The zero-order chi connectivity index (χ0) is 22.4. The van der Waals surface area contributed by atoms with Crippen LogP contribution in [0.3, 0.4) is 0 Å². The molecule has 33 heavy (non-hydrogen) atoms. The van der Waals surface area contributed by atoms with Gasteiger partial charge in [0.1, 0.15) is 5.75 Å². The number of hydrogen-bond acceptors (Lipinski definition) is 7. The van der Waals surface area contributed by atoms with E-state index in [2.05, 4.69) is 32.3 Å². The van der Waals surface area contributed by atoms with Crippen molar-refractivity contribution in [2.45, 2.75) is 42.1 Å². The number of nitrogens with zero attached hydrogens (tertiary/aromatic N) is 5. The van der Waals surface area contributed by atoms with E-state index in [1.165, 1.54) is 6.42 Å². The average molecular weight is 462 g/mol. The van der Waals surface area contributed by atoms with E-state index in [-0.39, 0.29) is 0 Å². The van der Waals surface area contributed by atoms with Gasteiger partial charge in [0.15, 0.2) is 5.65 Å². The molecule has 7 nitrogen and oxygen atoms in total. The van der Waals surface area contributed by atoms with E-state index < -0.39 is 0 Å². The normalized spacial score (nSPS) is 20.2. The van der Waals surface area contributed by atoms with Gasteiger partial charge in [-0.3, -0.25) is 9.38 Å². The molecule has 1 atom stereocenters. The van der Waals surface area contributed by atoms with Gasteiger partial charge in [-0.1, -0.05) is 11.8 Å². The van der Waals surface area contributed by atoms with Crippen molar-refractivity contribution in [3.63, 3.8) is 0 Å². The molecule has 1 spiro atoms. The van der Waals surface area contributed by atoms with Gasteiger partial charge in [0.2, 0.25) is 5.95 Å². The third-order valence-electron chi connectivity index (χ3n) is 7.01. The molecule has 0 saturated carbocycles. The van der Waals surface area contributed by atoms with Gasteiger partial charge < -0.3 is 14.4 Å². The van der Waals surface area contributed by atoms with Gasteiger partial charge >= 0.3 is 0 Å². The highest BCUT2D eigenvalue weighted by Crippen LogP contribution is 2.43. The van der Waals surface area contributed by atoms with Crippen LogP contribution in [0.5, 0.6) is 5.75 Å². The molecule has 4 aromatic rings. The number of rotatable bonds is 4. The molecule has 6 rings (SSSR count). The Morgan fingerprint density at radius 1 is 1.09 bits per heavy atom. The van der Waals surface area contributed by atoms with Gasteiger partial charge in [-0.05, 0) is 49.8 Å². The molecule has 0 amide bonds.